The molecule has 2 amide bonds. The fraction of sp³-hybridized carbons (Fsp3) is 0.0909. The summed E-state index contributed by atoms with van der Waals surface area (Å²) in [6, 6.07) is 11.8. The van der Waals surface area contributed by atoms with E-state index in [9.17, 15) is 27.2 Å². The van der Waals surface area contributed by atoms with Crippen LogP contribution in [0.15, 0.2) is 54.6 Å². The molecule has 0 fully saturated rings. The minimum absolute atomic E-state index is 0.0552. The molecular weight excluding hydrogens is 428 g/mol. The fourth-order valence-electron chi connectivity index (χ4n) is 2.76. The minimum Gasteiger partial charge on any atom is -0.322 e. The Morgan fingerprint density at radius 1 is 0.969 bits per heavy atom. The van der Waals surface area contributed by atoms with Crippen LogP contribution in [0.25, 0.3) is 0 Å². The highest BCUT2D eigenvalue weighted by Crippen LogP contribution is 2.37. The first-order valence-corrected chi connectivity index (χ1v) is 9.06. The van der Waals surface area contributed by atoms with Crippen LogP contribution in [0.1, 0.15) is 37.7 Å². The van der Waals surface area contributed by atoms with E-state index in [0.717, 1.165) is 18.2 Å². The average molecular weight is 442 g/mol. The van der Waals surface area contributed by atoms with Gasteiger partial charge in [-0.1, -0.05) is 0 Å². The predicted octanol–water partition coefficient (Wildman–Crippen LogP) is 4.92. The number of aryl methyl sites for hydroxylation is 1. The minimum atomic E-state index is -4.84. The van der Waals surface area contributed by atoms with Gasteiger partial charge in [0, 0.05) is 11.3 Å². The first-order chi connectivity index (χ1) is 15.1. The molecular formula is C22H14F4N4O2. The van der Waals surface area contributed by atoms with Gasteiger partial charge in [-0.05, 0) is 61.5 Å². The lowest BCUT2D eigenvalue weighted by Gasteiger charge is -2.16. The third-order valence-electron chi connectivity index (χ3n) is 4.38. The summed E-state index contributed by atoms with van der Waals surface area (Å²) >= 11 is 0. The van der Waals surface area contributed by atoms with Gasteiger partial charge in [0.1, 0.15) is 17.6 Å². The number of nitriles is 1. The lowest BCUT2D eigenvalue weighted by molar-refractivity contribution is -0.136. The fourth-order valence-corrected chi connectivity index (χ4v) is 2.76. The van der Waals surface area contributed by atoms with Crippen molar-refractivity contribution in [3.05, 3.63) is 88.5 Å². The molecule has 32 heavy (non-hydrogen) atoms. The number of amides is 2. The number of carbonyl (C=O) groups is 2. The van der Waals surface area contributed by atoms with E-state index in [4.69, 9.17) is 5.26 Å². The molecule has 0 atom stereocenters. The van der Waals surface area contributed by atoms with Gasteiger partial charge in [-0.2, -0.15) is 18.4 Å². The SMILES string of the molecule is Cc1nc(C(=O)Nc2ccc(NC(=O)c3ccc(F)cc3)cc2C(F)(F)F)ccc1C#N. The molecule has 10 heteroatoms. The van der Waals surface area contributed by atoms with Crippen LogP contribution in [0.2, 0.25) is 0 Å². The summed E-state index contributed by atoms with van der Waals surface area (Å²) in [6.07, 6.45) is -4.84. The predicted molar refractivity (Wildman–Crippen MR) is 107 cm³/mol. The second kappa shape index (κ2) is 8.85. The lowest BCUT2D eigenvalue weighted by Crippen LogP contribution is -2.19. The summed E-state index contributed by atoms with van der Waals surface area (Å²) in [5.74, 6) is -2.19. The molecule has 0 saturated carbocycles. The van der Waals surface area contributed by atoms with Gasteiger partial charge in [-0.15, -0.1) is 0 Å². The van der Waals surface area contributed by atoms with E-state index in [2.05, 4.69) is 15.6 Å². The van der Waals surface area contributed by atoms with Crippen LogP contribution in [0, 0.1) is 24.1 Å². The topological polar surface area (TPSA) is 94.9 Å². The molecule has 0 spiro atoms. The Bertz CT molecular complexity index is 1230. The number of hydrogen-bond donors (Lipinski definition) is 2. The number of halogens is 4. The number of nitrogens with zero attached hydrogens (tertiary/aromatic N) is 2. The highest BCUT2D eigenvalue weighted by molar-refractivity contribution is 6.05. The van der Waals surface area contributed by atoms with Gasteiger partial charge in [-0.25, -0.2) is 9.37 Å². The normalized spacial score (nSPS) is 10.9. The van der Waals surface area contributed by atoms with Crippen molar-refractivity contribution in [3.63, 3.8) is 0 Å². The quantitative estimate of drug-likeness (QED) is 0.561. The monoisotopic (exact) mass is 442 g/mol. The number of nitrogens with one attached hydrogen (secondary N) is 2. The molecule has 0 aliphatic heterocycles. The zero-order valence-electron chi connectivity index (χ0n) is 16.4. The molecule has 1 aromatic heterocycles. The Labute approximate surface area is 179 Å². The first kappa shape index (κ1) is 22.4. The van der Waals surface area contributed by atoms with Crippen molar-refractivity contribution in [3.8, 4) is 6.07 Å². The Hall–Kier alpha value is -4.26. The van der Waals surface area contributed by atoms with Gasteiger partial charge in [0.25, 0.3) is 11.8 Å². The van der Waals surface area contributed by atoms with Gasteiger partial charge in [0.2, 0.25) is 0 Å². The molecule has 0 unspecified atom stereocenters. The van der Waals surface area contributed by atoms with Crippen LogP contribution < -0.4 is 10.6 Å². The number of rotatable bonds is 4. The van der Waals surface area contributed by atoms with Crippen LogP contribution in [0.5, 0.6) is 0 Å². The lowest BCUT2D eigenvalue weighted by atomic mass is 10.1. The van der Waals surface area contributed by atoms with Crippen LogP contribution >= 0.6 is 0 Å². The van der Waals surface area contributed by atoms with Gasteiger partial charge >= 0.3 is 6.18 Å². The molecule has 0 saturated heterocycles. The molecule has 3 aromatic rings. The van der Waals surface area contributed by atoms with Gasteiger partial charge in [-0.3, -0.25) is 9.59 Å². The van der Waals surface area contributed by atoms with Crippen LogP contribution in [0.4, 0.5) is 28.9 Å². The molecule has 3 rings (SSSR count). The summed E-state index contributed by atoms with van der Waals surface area (Å²) in [6.45, 7) is 1.50. The maximum atomic E-state index is 13.6. The Balaban J connectivity index is 1.86. The molecule has 162 valence electrons. The van der Waals surface area contributed by atoms with Crippen molar-refractivity contribution in [1.82, 2.24) is 4.98 Å². The third-order valence-corrected chi connectivity index (χ3v) is 4.38. The summed E-state index contributed by atoms with van der Waals surface area (Å²) in [5.41, 5.74) is -1.51. The Morgan fingerprint density at radius 2 is 1.66 bits per heavy atom. The van der Waals surface area contributed by atoms with Crippen molar-refractivity contribution in [1.29, 1.82) is 5.26 Å². The summed E-state index contributed by atoms with van der Waals surface area (Å²) in [5, 5.41) is 13.4. The zero-order valence-corrected chi connectivity index (χ0v) is 16.4. The van der Waals surface area contributed by atoms with E-state index < -0.39 is 35.1 Å². The van der Waals surface area contributed by atoms with Gasteiger partial charge in [0.15, 0.2) is 0 Å². The van der Waals surface area contributed by atoms with Crippen molar-refractivity contribution in [2.45, 2.75) is 13.1 Å². The van der Waals surface area contributed by atoms with Gasteiger partial charge in [0.05, 0.1) is 22.5 Å². The van der Waals surface area contributed by atoms with Crippen molar-refractivity contribution < 1.29 is 27.2 Å². The molecule has 0 aliphatic rings. The maximum Gasteiger partial charge on any atom is 0.418 e. The zero-order chi connectivity index (χ0) is 23.5. The number of benzene rings is 2. The van der Waals surface area contributed by atoms with E-state index in [-0.39, 0.29) is 28.2 Å². The molecule has 0 radical (unpaired) electrons. The molecule has 2 aromatic carbocycles. The van der Waals surface area contributed by atoms with Crippen LogP contribution in [0.3, 0.4) is 0 Å². The highest BCUT2D eigenvalue weighted by Gasteiger charge is 2.34. The summed E-state index contributed by atoms with van der Waals surface area (Å²) in [4.78, 5) is 28.5. The third kappa shape index (κ3) is 5.07. The first-order valence-electron chi connectivity index (χ1n) is 9.06. The van der Waals surface area contributed by atoms with Gasteiger partial charge < -0.3 is 10.6 Å². The molecule has 6 nitrogen and oxygen atoms in total. The standard InChI is InChI=1S/C22H14F4N4O2/c1-12-14(11-27)4-8-19(28-12)21(32)30-18-9-7-16(10-17(18)22(24,25)26)29-20(31)13-2-5-15(23)6-3-13/h2-10H,1H3,(H,29,31)(H,30,32). The smallest absolute Gasteiger partial charge is 0.322 e. The summed E-state index contributed by atoms with van der Waals surface area (Å²) in [7, 11) is 0. The average Bonchev–Trinajstić information content (AvgIpc) is 2.74. The highest BCUT2D eigenvalue weighted by atomic mass is 19.4. The van der Waals surface area contributed by atoms with Crippen LogP contribution in [-0.2, 0) is 6.18 Å². The number of anilines is 2. The van der Waals surface area contributed by atoms with Crippen LogP contribution in [-0.4, -0.2) is 16.8 Å². The molecule has 1 heterocycles. The van der Waals surface area contributed by atoms with E-state index >= 15 is 0 Å². The second-order valence-electron chi connectivity index (χ2n) is 6.61. The van der Waals surface area contributed by atoms with Crippen molar-refractivity contribution >= 4 is 23.2 Å². The Morgan fingerprint density at radius 3 is 2.25 bits per heavy atom. The van der Waals surface area contributed by atoms with E-state index in [1.165, 1.54) is 37.3 Å². The number of pyridine rings is 1. The van der Waals surface area contributed by atoms with E-state index in [1.807, 2.05) is 6.07 Å². The molecule has 0 aliphatic carbocycles. The number of aromatic nitrogens is 1. The maximum absolute atomic E-state index is 13.6. The summed E-state index contributed by atoms with van der Waals surface area (Å²) < 4.78 is 53.8. The van der Waals surface area contributed by atoms with E-state index in [0.29, 0.717) is 6.07 Å². The van der Waals surface area contributed by atoms with Crippen molar-refractivity contribution in [2.75, 3.05) is 10.6 Å². The Kier molecular flexibility index (Phi) is 6.20. The number of hydrogen-bond acceptors (Lipinski definition) is 4. The second-order valence-corrected chi connectivity index (χ2v) is 6.61. The molecule has 2 N–H and O–H groups in total. The number of alkyl halides is 3. The van der Waals surface area contributed by atoms with E-state index in [1.54, 1.807) is 0 Å². The number of carbonyl (C=O) groups excluding carboxylic acids is 2. The van der Waals surface area contributed by atoms with Crippen molar-refractivity contribution in [2.24, 2.45) is 0 Å². The molecule has 0 bridgehead atoms. The largest absolute Gasteiger partial charge is 0.418 e.